The Balaban J connectivity index is 1.74. The van der Waals surface area contributed by atoms with Crippen molar-refractivity contribution in [3.63, 3.8) is 0 Å². The molecule has 0 N–H and O–H groups in total. The van der Waals surface area contributed by atoms with E-state index in [0.29, 0.717) is 23.8 Å². The van der Waals surface area contributed by atoms with Gasteiger partial charge in [-0.3, -0.25) is 4.79 Å². The third kappa shape index (κ3) is 4.73. The molecule has 1 aliphatic carbocycles. The van der Waals surface area contributed by atoms with Gasteiger partial charge < -0.3 is 9.57 Å². The van der Waals surface area contributed by atoms with Crippen LogP contribution in [0.5, 0.6) is 5.75 Å². The van der Waals surface area contributed by atoms with Crippen LogP contribution < -0.4 is 4.74 Å². The monoisotopic (exact) mass is 293 g/mol. The van der Waals surface area contributed by atoms with Gasteiger partial charge in [0.25, 0.3) is 5.09 Å². The van der Waals surface area contributed by atoms with Crippen LogP contribution in [0.15, 0.2) is 24.3 Å². The van der Waals surface area contributed by atoms with Gasteiger partial charge in [-0.2, -0.15) is 0 Å². The summed E-state index contributed by atoms with van der Waals surface area (Å²) in [5.74, 6) is 1.30. The molecule has 0 atom stereocenters. The molecule has 0 unspecified atom stereocenters. The third-order valence-corrected chi connectivity index (χ3v) is 3.90. The predicted molar refractivity (Wildman–Crippen MR) is 75.7 cm³/mol. The molecular weight excluding hydrogens is 274 g/mol. The molecular formula is C15H19NO5. The summed E-state index contributed by atoms with van der Waals surface area (Å²) in [5.41, 5.74) is 0.561. The SMILES string of the molecule is O=Cc1ccccc1OCC1CCC(CO[N+](=O)[O-])CC1. The van der Waals surface area contributed by atoms with Crippen molar-refractivity contribution in [3.05, 3.63) is 39.9 Å². The van der Waals surface area contributed by atoms with Gasteiger partial charge in [-0.1, -0.05) is 12.1 Å². The van der Waals surface area contributed by atoms with Gasteiger partial charge in [0.05, 0.1) is 18.8 Å². The number of benzene rings is 1. The summed E-state index contributed by atoms with van der Waals surface area (Å²) in [7, 11) is 0. The first-order chi connectivity index (χ1) is 10.2. The summed E-state index contributed by atoms with van der Waals surface area (Å²) >= 11 is 0. The number of carbonyl (C=O) groups excluding carboxylic acids is 1. The van der Waals surface area contributed by atoms with Crippen molar-refractivity contribution in [1.82, 2.24) is 0 Å². The minimum Gasteiger partial charge on any atom is -0.493 e. The van der Waals surface area contributed by atoms with Crippen LogP contribution in [-0.2, 0) is 4.84 Å². The van der Waals surface area contributed by atoms with Gasteiger partial charge in [-0.05, 0) is 49.7 Å². The second-order valence-electron chi connectivity index (χ2n) is 5.37. The standard InChI is InChI=1S/C15H19NO5/c17-9-14-3-1-2-4-15(14)20-10-12-5-7-13(8-6-12)11-21-16(18)19/h1-4,9,12-13H,5-8,10-11H2. The highest BCUT2D eigenvalue weighted by atomic mass is 16.9. The Morgan fingerprint density at radius 2 is 1.76 bits per heavy atom. The van der Waals surface area contributed by atoms with Gasteiger partial charge in [0, 0.05) is 0 Å². The maximum Gasteiger partial charge on any atom is 0.294 e. The Kier molecular flexibility index (Phi) is 5.54. The molecule has 114 valence electrons. The average Bonchev–Trinajstić information content (AvgIpc) is 2.52. The predicted octanol–water partition coefficient (Wildman–Crippen LogP) is 2.89. The molecule has 0 radical (unpaired) electrons. The molecule has 21 heavy (non-hydrogen) atoms. The number of hydrogen-bond acceptors (Lipinski definition) is 5. The van der Waals surface area contributed by atoms with Crippen molar-refractivity contribution < 1.29 is 19.5 Å². The molecule has 2 rings (SSSR count). The Morgan fingerprint density at radius 3 is 2.38 bits per heavy atom. The van der Waals surface area contributed by atoms with Gasteiger partial charge in [0.2, 0.25) is 0 Å². The quantitative estimate of drug-likeness (QED) is 0.439. The number of rotatable bonds is 7. The van der Waals surface area contributed by atoms with Crippen LogP contribution >= 0.6 is 0 Å². The molecule has 0 aromatic heterocycles. The molecule has 0 amide bonds. The molecule has 0 spiro atoms. The first kappa shape index (κ1) is 15.3. The zero-order valence-corrected chi connectivity index (χ0v) is 11.8. The van der Waals surface area contributed by atoms with Crippen molar-refractivity contribution in [2.75, 3.05) is 13.2 Å². The summed E-state index contributed by atoms with van der Waals surface area (Å²) < 4.78 is 5.73. The van der Waals surface area contributed by atoms with Gasteiger partial charge in [-0.15, -0.1) is 10.1 Å². The maximum atomic E-state index is 10.9. The van der Waals surface area contributed by atoms with Crippen LogP contribution in [0, 0.1) is 22.0 Å². The fraction of sp³-hybridized carbons (Fsp3) is 0.533. The largest absolute Gasteiger partial charge is 0.493 e. The Bertz CT molecular complexity index is 483. The minimum atomic E-state index is -0.731. The number of aldehydes is 1. The van der Waals surface area contributed by atoms with E-state index in [4.69, 9.17) is 4.74 Å². The van der Waals surface area contributed by atoms with E-state index < -0.39 is 5.09 Å². The fourth-order valence-corrected chi connectivity index (χ4v) is 2.65. The Morgan fingerprint density at radius 1 is 1.14 bits per heavy atom. The number of carbonyl (C=O) groups is 1. The van der Waals surface area contributed by atoms with E-state index in [-0.39, 0.29) is 12.5 Å². The van der Waals surface area contributed by atoms with Crippen LogP contribution in [0.1, 0.15) is 36.0 Å². The van der Waals surface area contributed by atoms with Crippen LogP contribution in [0.2, 0.25) is 0 Å². The average molecular weight is 293 g/mol. The lowest BCUT2D eigenvalue weighted by Gasteiger charge is -2.27. The molecule has 0 saturated heterocycles. The zero-order valence-electron chi connectivity index (χ0n) is 11.8. The zero-order chi connectivity index (χ0) is 15.1. The molecule has 6 nitrogen and oxygen atoms in total. The maximum absolute atomic E-state index is 10.9. The second-order valence-corrected chi connectivity index (χ2v) is 5.37. The van der Waals surface area contributed by atoms with Gasteiger partial charge in [0.1, 0.15) is 5.75 Å². The lowest BCUT2D eigenvalue weighted by atomic mass is 9.83. The van der Waals surface area contributed by atoms with Crippen molar-refractivity contribution in [2.24, 2.45) is 11.8 Å². The normalized spacial score (nSPS) is 21.5. The molecule has 0 aliphatic heterocycles. The molecule has 1 saturated carbocycles. The molecule has 1 fully saturated rings. The summed E-state index contributed by atoms with van der Waals surface area (Å²) in [4.78, 5) is 25.5. The van der Waals surface area contributed by atoms with Gasteiger partial charge >= 0.3 is 0 Å². The number of nitrogens with zero attached hydrogens (tertiary/aromatic N) is 1. The van der Waals surface area contributed by atoms with Crippen molar-refractivity contribution in [2.45, 2.75) is 25.7 Å². The van der Waals surface area contributed by atoms with E-state index in [2.05, 4.69) is 4.84 Å². The van der Waals surface area contributed by atoms with E-state index >= 15 is 0 Å². The van der Waals surface area contributed by atoms with Crippen molar-refractivity contribution in [1.29, 1.82) is 0 Å². The van der Waals surface area contributed by atoms with Crippen LogP contribution in [0.4, 0.5) is 0 Å². The molecule has 1 aromatic rings. The molecule has 0 bridgehead atoms. The Labute approximate surface area is 123 Å². The van der Waals surface area contributed by atoms with E-state index in [0.717, 1.165) is 32.0 Å². The highest BCUT2D eigenvalue weighted by molar-refractivity contribution is 5.79. The summed E-state index contributed by atoms with van der Waals surface area (Å²) in [6.45, 7) is 0.766. The number of para-hydroxylation sites is 1. The highest BCUT2D eigenvalue weighted by Gasteiger charge is 2.22. The molecule has 1 aromatic carbocycles. The summed E-state index contributed by atoms with van der Waals surface area (Å²) in [5, 5.41) is 9.43. The van der Waals surface area contributed by atoms with E-state index in [1.165, 1.54) is 0 Å². The lowest BCUT2D eigenvalue weighted by Crippen LogP contribution is -2.23. The smallest absolute Gasteiger partial charge is 0.294 e. The van der Waals surface area contributed by atoms with Crippen LogP contribution in [0.3, 0.4) is 0 Å². The van der Waals surface area contributed by atoms with Crippen molar-refractivity contribution in [3.8, 4) is 5.75 Å². The lowest BCUT2D eigenvalue weighted by molar-refractivity contribution is -0.759. The first-order valence-corrected chi connectivity index (χ1v) is 7.13. The molecule has 1 aliphatic rings. The fourth-order valence-electron chi connectivity index (χ4n) is 2.65. The van der Waals surface area contributed by atoms with E-state index in [9.17, 15) is 14.9 Å². The third-order valence-electron chi connectivity index (χ3n) is 3.90. The molecule has 0 heterocycles. The number of ether oxygens (including phenoxy) is 1. The van der Waals surface area contributed by atoms with E-state index in [1.54, 1.807) is 18.2 Å². The molecule has 6 heteroatoms. The van der Waals surface area contributed by atoms with Gasteiger partial charge in [0.15, 0.2) is 6.29 Å². The summed E-state index contributed by atoms with van der Waals surface area (Å²) in [6, 6.07) is 7.17. The Hall–Kier alpha value is -2.11. The van der Waals surface area contributed by atoms with Crippen molar-refractivity contribution >= 4 is 6.29 Å². The summed E-state index contributed by atoms with van der Waals surface area (Å²) in [6.07, 6.45) is 4.56. The highest BCUT2D eigenvalue weighted by Crippen LogP contribution is 2.29. The first-order valence-electron chi connectivity index (χ1n) is 7.13. The van der Waals surface area contributed by atoms with Gasteiger partial charge in [-0.25, -0.2) is 0 Å². The number of hydrogen-bond donors (Lipinski definition) is 0. The minimum absolute atomic E-state index is 0.189. The second kappa shape index (κ2) is 7.61. The topological polar surface area (TPSA) is 78.7 Å². The van der Waals surface area contributed by atoms with E-state index in [1.807, 2.05) is 6.07 Å². The van der Waals surface area contributed by atoms with Crippen LogP contribution in [0.25, 0.3) is 0 Å². The van der Waals surface area contributed by atoms with Crippen LogP contribution in [-0.4, -0.2) is 24.6 Å².